The predicted molar refractivity (Wildman–Crippen MR) is 82.9 cm³/mol. The minimum Gasteiger partial charge on any atom is -0.387 e. The van der Waals surface area contributed by atoms with Crippen LogP contribution in [-0.4, -0.2) is 54.8 Å². The van der Waals surface area contributed by atoms with Gasteiger partial charge in [-0.2, -0.15) is 0 Å². The fourth-order valence-electron chi connectivity index (χ4n) is 2.03. The molecule has 118 valence electrons. The molecule has 1 aromatic carbocycles. The van der Waals surface area contributed by atoms with Crippen molar-refractivity contribution in [3.8, 4) is 0 Å². The lowest BCUT2D eigenvalue weighted by atomic mass is 10.1. The lowest BCUT2D eigenvalue weighted by molar-refractivity contribution is -0.133. The van der Waals surface area contributed by atoms with Gasteiger partial charge in [0.2, 0.25) is 5.91 Å². The number of carbonyl (C=O) groups is 1. The van der Waals surface area contributed by atoms with E-state index in [-0.39, 0.29) is 12.5 Å². The van der Waals surface area contributed by atoms with E-state index in [1.165, 1.54) is 0 Å². The molecule has 1 aromatic rings. The van der Waals surface area contributed by atoms with Crippen LogP contribution >= 0.6 is 0 Å². The average molecular weight is 294 g/mol. The van der Waals surface area contributed by atoms with Crippen LogP contribution in [0, 0.1) is 0 Å². The number of nitrogens with zero attached hydrogens (tertiary/aromatic N) is 1. The van der Waals surface area contributed by atoms with Crippen molar-refractivity contribution in [1.82, 2.24) is 10.2 Å². The molecule has 21 heavy (non-hydrogen) atoms. The minimum atomic E-state index is -0.960. The molecule has 2 N–H and O–H groups in total. The van der Waals surface area contributed by atoms with Crippen molar-refractivity contribution in [3.05, 3.63) is 35.9 Å². The zero-order valence-corrected chi connectivity index (χ0v) is 13.3. The SMILES string of the molecule is CC(OCc1ccccc1)C(=O)NCC(C)(O)CN(C)C. The van der Waals surface area contributed by atoms with Crippen molar-refractivity contribution in [2.24, 2.45) is 0 Å². The second-order valence-corrected chi connectivity index (χ2v) is 5.89. The van der Waals surface area contributed by atoms with E-state index in [2.05, 4.69) is 5.32 Å². The summed E-state index contributed by atoms with van der Waals surface area (Å²) in [7, 11) is 3.75. The summed E-state index contributed by atoms with van der Waals surface area (Å²) in [5.41, 5.74) is 0.0648. The number of nitrogens with one attached hydrogen (secondary N) is 1. The van der Waals surface area contributed by atoms with Gasteiger partial charge in [0.25, 0.3) is 0 Å². The largest absolute Gasteiger partial charge is 0.387 e. The molecular formula is C16H26N2O3. The van der Waals surface area contributed by atoms with Gasteiger partial charge < -0.3 is 20.1 Å². The number of benzene rings is 1. The topological polar surface area (TPSA) is 61.8 Å². The Labute approximate surface area is 126 Å². The molecule has 0 heterocycles. The van der Waals surface area contributed by atoms with Crippen LogP contribution in [0.25, 0.3) is 0 Å². The maximum atomic E-state index is 11.9. The first-order valence-corrected chi connectivity index (χ1v) is 7.10. The Kier molecular flexibility index (Phi) is 6.81. The van der Waals surface area contributed by atoms with Crippen LogP contribution < -0.4 is 5.32 Å². The number of amides is 1. The molecule has 5 nitrogen and oxygen atoms in total. The number of hydrogen-bond acceptors (Lipinski definition) is 4. The normalized spacial score (nSPS) is 15.5. The molecule has 0 aliphatic heterocycles. The Morgan fingerprint density at radius 1 is 1.38 bits per heavy atom. The monoisotopic (exact) mass is 294 g/mol. The number of hydrogen-bond donors (Lipinski definition) is 2. The van der Waals surface area contributed by atoms with E-state index in [4.69, 9.17) is 4.74 Å². The summed E-state index contributed by atoms with van der Waals surface area (Å²) in [5.74, 6) is -0.218. The van der Waals surface area contributed by atoms with Crippen LogP contribution in [0.5, 0.6) is 0 Å². The molecular weight excluding hydrogens is 268 g/mol. The smallest absolute Gasteiger partial charge is 0.248 e. The fourth-order valence-corrected chi connectivity index (χ4v) is 2.03. The Hall–Kier alpha value is -1.43. The van der Waals surface area contributed by atoms with E-state index in [1.807, 2.05) is 49.3 Å². The standard InChI is InChI=1S/C16H26N2O3/c1-13(21-10-14-8-6-5-7-9-14)15(19)17-11-16(2,20)12-18(3)4/h5-9,13,20H,10-12H2,1-4H3,(H,17,19). The molecule has 2 atom stereocenters. The van der Waals surface area contributed by atoms with Crippen molar-refractivity contribution in [2.45, 2.75) is 32.2 Å². The van der Waals surface area contributed by atoms with Gasteiger partial charge in [0.05, 0.1) is 12.2 Å². The van der Waals surface area contributed by atoms with Gasteiger partial charge in [0, 0.05) is 13.1 Å². The van der Waals surface area contributed by atoms with E-state index in [9.17, 15) is 9.90 Å². The lowest BCUT2D eigenvalue weighted by Crippen LogP contribution is -2.49. The zero-order chi connectivity index (χ0) is 15.9. The zero-order valence-electron chi connectivity index (χ0n) is 13.3. The molecule has 0 saturated heterocycles. The highest BCUT2D eigenvalue weighted by Gasteiger charge is 2.23. The summed E-state index contributed by atoms with van der Waals surface area (Å²) in [4.78, 5) is 13.8. The van der Waals surface area contributed by atoms with Gasteiger partial charge in [0.1, 0.15) is 6.10 Å². The van der Waals surface area contributed by atoms with Crippen LogP contribution in [-0.2, 0) is 16.1 Å². The summed E-state index contributed by atoms with van der Waals surface area (Å²) in [5, 5.41) is 12.8. The Bertz CT molecular complexity index is 432. The summed E-state index contributed by atoms with van der Waals surface area (Å²) < 4.78 is 5.53. The van der Waals surface area contributed by atoms with Crippen molar-refractivity contribution in [2.75, 3.05) is 27.2 Å². The minimum absolute atomic E-state index is 0.197. The molecule has 0 radical (unpaired) electrons. The van der Waals surface area contributed by atoms with Gasteiger partial charge in [0.15, 0.2) is 0 Å². The van der Waals surface area contributed by atoms with Crippen LogP contribution in [0.1, 0.15) is 19.4 Å². The quantitative estimate of drug-likeness (QED) is 0.751. The van der Waals surface area contributed by atoms with Crippen molar-refractivity contribution in [3.63, 3.8) is 0 Å². The molecule has 0 spiro atoms. The van der Waals surface area contributed by atoms with Crippen LogP contribution in [0.15, 0.2) is 30.3 Å². The first-order valence-electron chi connectivity index (χ1n) is 7.10. The highest BCUT2D eigenvalue weighted by Crippen LogP contribution is 2.05. The predicted octanol–water partition coefficient (Wildman–Crippen LogP) is 1.02. The molecule has 0 fully saturated rings. The number of likely N-dealkylation sites (N-methyl/N-ethyl adjacent to an activating group) is 1. The van der Waals surface area contributed by atoms with Crippen molar-refractivity contribution in [1.29, 1.82) is 0 Å². The number of aliphatic hydroxyl groups is 1. The van der Waals surface area contributed by atoms with Gasteiger partial charge in [-0.1, -0.05) is 30.3 Å². The molecule has 0 aliphatic rings. The number of rotatable bonds is 8. The Morgan fingerprint density at radius 3 is 2.57 bits per heavy atom. The fraction of sp³-hybridized carbons (Fsp3) is 0.562. The van der Waals surface area contributed by atoms with E-state index >= 15 is 0 Å². The highest BCUT2D eigenvalue weighted by atomic mass is 16.5. The molecule has 0 aliphatic carbocycles. The van der Waals surface area contributed by atoms with E-state index < -0.39 is 11.7 Å². The second-order valence-electron chi connectivity index (χ2n) is 5.89. The maximum Gasteiger partial charge on any atom is 0.248 e. The number of carbonyl (C=O) groups excluding carboxylic acids is 1. The van der Waals surface area contributed by atoms with Crippen molar-refractivity contribution < 1.29 is 14.6 Å². The van der Waals surface area contributed by atoms with Crippen LogP contribution in [0.3, 0.4) is 0 Å². The third-order valence-electron chi connectivity index (χ3n) is 3.01. The molecule has 0 aromatic heterocycles. The first-order chi connectivity index (χ1) is 9.80. The van der Waals surface area contributed by atoms with E-state index in [1.54, 1.807) is 13.8 Å². The highest BCUT2D eigenvalue weighted by molar-refractivity contribution is 5.80. The number of ether oxygens (including phenoxy) is 1. The van der Waals surface area contributed by atoms with E-state index in [0.717, 1.165) is 5.56 Å². The molecule has 1 rings (SSSR count). The Balaban J connectivity index is 2.34. The van der Waals surface area contributed by atoms with Crippen LogP contribution in [0.4, 0.5) is 0 Å². The third kappa shape index (κ3) is 7.22. The molecule has 2 unspecified atom stereocenters. The molecule has 1 amide bonds. The van der Waals surface area contributed by atoms with E-state index in [0.29, 0.717) is 13.2 Å². The van der Waals surface area contributed by atoms with Crippen LogP contribution in [0.2, 0.25) is 0 Å². The maximum absolute atomic E-state index is 11.9. The summed E-state index contributed by atoms with van der Waals surface area (Å²) in [6, 6.07) is 9.70. The molecule has 0 bridgehead atoms. The van der Waals surface area contributed by atoms with Gasteiger partial charge in [-0.3, -0.25) is 4.79 Å². The van der Waals surface area contributed by atoms with Gasteiger partial charge in [-0.15, -0.1) is 0 Å². The third-order valence-corrected chi connectivity index (χ3v) is 3.01. The molecule has 5 heteroatoms. The lowest BCUT2D eigenvalue weighted by Gasteiger charge is -2.27. The summed E-state index contributed by atoms with van der Waals surface area (Å²) >= 11 is 0. The van der Waals surface area contributed by atoms with Gasteiger partial charge in [-0.25, -0.2) is 0 Å². The summed E-state index contributed by atoms with van der Waals surface area (Å²) in [6.45, 7) is 4.47. The van der Waals surface area contributed by atoms with Gasteiger partial charge >= 0.3 is 0 Å². The molecule has 0 saturated carbocycles. The average Bonchev–Trinajstić information content (AvgIpc) is 2.42. The van der Waals surface area contributed by atoms with Crippen molar-refractivity contribution >= 4 is 5.91 Å². The summed E-state index contributed by atoms with van der Waals surface area (Å²) in [6.07, 6.45) is -0.555. The second kappa shape index (κ2) is 8.12. The Morgan fingerprint density at radius 2 is 2.00 bits per heavy atom. The first kappa shape index (κ1) is 17.6. The van der Waals surface area contributed by atoms with Gasteiger partial charge in [-0.05, 0) is 33.5 Å².